The van der Waals surface area contributed by atoms with Gasteiger partial charge in [-0.25, -0.2) is 9.18 Å². The van der Waals surface area contributed by atoms with Crippen molar-refractivity contribution in [3.05, 3.63) is 30.1 Å². The normalized spacial score (nSPS) is 20.2. The van der Waals surface area contributed by atoms with E-state index in [4.69, 9.17) is 0 Å². The maximum Gasteiger partial charge on any atom is 0.317 e. The zero-order valence-electron chi connectivity index (χ0n) is 13.6. The van der Waals surface area contributed by atoms with Crippen LogP contribution in [0.1, 0.15) is 38.5 Å². The van der Waals surface area contributed by atoms with Crippen LogP contribution in [0.5, 0.6) is 0 Å². The number of carbonyl (C=O) groups is 1. The van der Waals surface area contributed by atoms with E-state index in [-0.39, 0.29) is 11.8 Å². The summed E-state index contributed by atoms with van der Waals surface area (Å²) in [6, 6.07) is 7.07. The standard InChI is InChI=1S/C18H26FN3O/c19-15-6-5-9-17(14-15)21-10-12-22(13-11-21)18(23)20-16-7-3-1-2-4-8-16/h5-6,9,14,16H,1-4,7-8,10-13H2,(H,20,23). The van der Waals surface area contributed by atoms with Crippen LogP contribution in [-0.4, -0.2) is 43.2 Å². The summed E-state index contributed by atoms with van der Waals surface area (Å²) in [5, 5.41) is 3.20. The average molecular weight is 319 g/mol. The lowest BCUT2D eigenvalue weighted by Gasteiger charge is -2.36. The molecule has 0 atom stereocenters. The largest absolute Gasteiger partial charge is 0.368 e. The van der Waals surface area contributed by atoms with E-state index in [0.717, 1.165) is 31.6 Å². The fourth-order valence-electron chi connectivity index (χ4n) is 3.53. The number of rotatable bonds is 2. The number of hydrogen-bond acceptors (Lipinski definition) is 2. The third-order valence-electron chi connectivity index (χ3n) is 4.92. The predicted molar refractivity (Wildman–Crippen MR) is 90.2 cm³/mol. The smallest absolute Gasteiger partial charge is 0.317 e. The molecule has 3 rings (SSSR count). The summed E-state index contributed by atoms with van der Waals surface area (Å²) in [4.78, 5) is 16.4. The fraction of sp³-hybridized carbons (Fsp3) is 0.611. The van der Waals surface area contributed by atoms with Crippen molar-refractivity contribution in [2.24, 2.45) is 0 Å². The Hall–Kier alpha value is -1.78. The highest BCUT2D eigenvalue weighted by molar-refractivity contribution is 5.75. The van der Waals surface area contributed by atoms with Gasteiger partial charge >= 0.3 is 6.03 Å². The summed E-state index contributed by atoms with van der Waals surface area (Å²) in [5.74, 6) is -0.212. The van der Waals surface area contributed by atoms with E-state index in [2.05, 4.69) is 10.2 Å². The molecule has 2 aliphatic rings. The van der Waals surface area contributed by atoms with Crippen molar-refractivity contribution in [1.29, 1.82) is 0 Å². The fourth-order valence-corrected chi connectivity index (χ4v) is 3.53. The minimum Gasteiger partial charge on any atom is -0.368 e. The van der Waals surface area contributed by atoms with E-state index in [1.807, 2.05) is 11.0 Å². The van der Waals surface area contributed by atoms with Crippen molar-refractivity contribution < 1.29 is 9.18 Å². The molecule has 1 aliphatic heterocycles. The minimum atomic E-state index is -0.212. The number of piperazine rings is 1. The van der Waals surface area contributed by atoms with Crippen molar-refractivity contribution in [3.8, 4) is 0 Å². The molecule has 1 saturated heterocycles. The van der Waals surface area contributed by atoms with Gasteiger partial charge in [0, 0.05) is 37.9 Å². The molecule has 1 heterocycles. The monoisotopic (exact) mass is 319 g/mol. The van der Waals surface area contributed by atoms with Crippen LogP contribution in [0.3, 0.4) is 0 Å². The Morgan fingerprint density at radius 3 is 2.39 bits per heavy atom. The summed E-state index contributed by atoms with van der Waals surface area (Å²) in [7, 11) is 0. The maximum atomic E-state index is 13.3. The van der Waals surface area contributed by atoms with Crippen LogP contribution >= 0.6 is 0 Å². The van der Waals surface area contributed by atoms with Gasteiger partial charge < -0.3 is 15.1 Å². The molecule has 5 heteroatoms. The minimum absolute atomic E-state index is 0.0655. The van der Waals surface area contributed by atoms with Crippen LogP contribution < -0.4 is 10.2 Å². The number of benzene rings is 1. The molecule has 0 unspecified atom stereocenters. The van der Waals surface area contributed by atoms with E-state index < -0.39 is 0 Å². The molecule has 1 N–H and O–H groups in total. The predicted octanol–water partition coefficient (Wildman–Crippen LogP) is 3.38. The number of amides is 2. The van der Waals surface area contributed by atoms with Crippen LogP contribution in [0, 0.1) is 5.82 Å². The lowest BCUT2D eigenvalue weighted by atomic mass is 10.1. The summed E-state index contributed by atoms with van der Waals surface area (Å²) in [6.07, 6.45) is 7.23. The molecule has 0 radical (unpaired) electrons. The summed E-state index contributed by atoms with van der Waals surface area (Å²) in [5.41, 5.74) is 0.897. The number of halogens is 1. The summed E-state index contributed by atoms with van der Waals surface area (Å²) >= 11 is 0. The Morgan fingerprint density at radius 1 is 1.04 bits per heavy atom. The van der Waals surface area contributed by atoms with E-state index in [1.165, 1.54) is 31.7 Å². The Bertz CT molecular complexity index is 521. The third kappa shape index (κ3) is 4.36. The Kier molecular flexibility index (Phi) is 5.36. The number of nitrogens with zero attached hydrogens (tertiary/aromatic N) is 2. The molecular weight excluding hydrogens is 293 g/mol. The van der Waals surface area contributed by atoms with Crippen LogP contribution in [0.15, 0.2) is 24.3 Å². The molecule has 0 aromatic heterocycles. The van der Waals surface area contributed by atoms with Crippen LogP contribution in [0.25, 0.3) is 0 Å². The number of carbonyl (C=O) groups excluding carboxylic acids is 1. The van der Waals surface area contributed by atoms with Crippen molar-refractivity contribution >= 4 is 11.7 Å². The second kappa shape index (κ2) is 7.66. The van der Waals surface area contributed by atoms with Crippen molar-refractivity contribution in [1.82, 2.24) is 10.2 Å². The summed E-state index contributed by atoms with van der Waals surface area (Å²) < 4.78 is 13.3. The molecule has 1 saturated carbocycles. The highest BCUT2D eigenvalue weighted by Gasteiger charge is 2.23. The average Bonchev–Trinajstić information content (AvgIpc) is 2.84. The van der Waals surface area contributed by atoms with Gasteiger partial charge in [0.2, 0.25) is 0 Å². The Balaban J connectivity index is 1.49. The zero-order valence-corrected chi connectivity index (χ0v) is 13.6. The molecule has 2 fully saturated rings. The second-order valence-electron chi connectivity index (χ2n) is 6.59. The number of nitrogens with one attached hydrogen (secondary N) is 1. The SMILES string of the molecule is O=C(NC1CCCCCC1)N1CCN(c2cccc(F)c2)CC1. The van der Waals surface area contributed by atoms with Crippen LogP contribution in [-0.2, 0) is 0 Å². The zero-order chi connectivity index (χ0) is 16.1. The highest BCUT2D eigenvalue weighted by atomic mass is 19.1. The number of hydrogen-bond donors (Lipinski definition) is 1. The summed E-state index contributed by atoms with van der Waals surface area (Å²) in [6.45, 7) is 2.88. The van der Waals surface area contributed by atoms with E-state index >= 15 is 0 Å². The molecular formula is C18H26FN3O. The van der Waals surface area contributed by atoms with Crippen molar-refractivity contribution in [2.45, 2.75) is 44.6 Å². The van der Waals surface area contributed by atoms with E-state index in [0.29, 0.717) is 19.1 Å². The van der Waals surface area contributed by atoms with Crippen molar-refractivity contribution in [2.75, 3.05) is 31.1 Å². The number of anilines is 1. The first-order chi connectivity index (χ1) is 11.2. The van der Waals surface area contributed by atoms with Crippen LogP contribution in [0.2, 0.25) is 0 Å². The maximum absolute atomic E-state index is 13.3. The third-order valence-corrected chi connectivity index (χ3v) is 4.92. The van der Waals surface area contributed by atoms with Gasteiger partial charge in [-0.05, 0) is 31.0 Å². The van der Waals surface area contributed by atoms with Gasteiger partial charge in [0.05, 0.1) is 0 Å². The topological polar surface area (TPSA) is 35.6 Å². The first kappa shape index (κ1) is 16.1. The molecule has 1 aliphatic carbocycles. The molecule has 0 spiro atoms. The van der Waals surface area contributed by atoms with Gasteiger partial charge in [0.25, 0.3) is 0 Å². The van der Waals surface area contributed by atoms with E-state index in [9.17, 15) is 9.18 Å². The highest BCUT2D eigenvalue weighted by Crippen LogP contribution is 2.19. The van der Waals surface area contributed by atoms with Gasteiger partial charge in [-0.3, -0.25) is 0 Å². The van der Waals surface area contributed by atoms with Gasteiger partial charge in [0.15, 0.2) is 0 Å². The van der Waals surface area contributed by atoms with Crippen LogP contribution in [0.4, 0.5) is 14.9 Å². The van der Waals surface area contributed by atoms with Gasteiger partial charge in [-0.1, -0.05) is 31.7 Å². The van der Waals surface area contributed by atoms with Gasteiger partial charge in [0.1, 0.15) is 5.82 Å². The molecule has 1 aromatic rings. The number of urea groups is 1. The van der Waals surface area contributed by atoms with Gasteiger partial charge in [-0.15, -0.1) is 0 Å². The van der Waals surface area contributed by atoms with Crippen molar-refractivity contribution in [3.63, 3.8) is 0 Å². The quantitative estimate of drug-likeness (QED) is 0.848. The molecule has 126 valence electrons. The molecule has 4 nitrogen and oxygen atoms in total. The molecule has 1 aromatic carbocycles. The molecule has 0 bridgehead atoms. The Morgan fingerprint density at radius 2 is 1.74 bits per heavy atom. The first-order valence-electron chi connectivity index (χ1n) is 8.78. The van der Waals surface area contributed by atoms with Gasteiger partial charge in [-0.2, -0.15) is 0 Å². The molecule has 23 heavy (non-hydrogen) atoms. The lowest BCUT2D eigenvalue weighted by Crippen LogP contribution is -2.53. The second-order valence-corrected chi connectivity index (χ2v) is 6.59. The van der Waals surface area contributed by atoms with E-state index in [1.54, 1.807) is 12.1 Å². The first-order valence-corrected chi connectivity index (χ1v) is 8.78. The molecule has 2 amide bonds. The Labute approximate surface area is 137 Å². The lowest BCUT2D eigenvalue weighted by molar-refractivity contribution is 0.189.